The van der Waals surface area contributed by atoms with Crippen LogP contribution in [0.25, 0.3) is 21.1 Å². The molecule has 1 aliphatic rings. The summed E-state index contributed by atoms with van der Waals surface area (Å²) in [7, 11) is 0. The van der Waals surface area contributed by atoms with Crippen molar-refractivity contribution in [3.63, 3.8) is 0 Å². The van der Waals surface area contributed by atoms with Gasteiger partial charge < -0.3 is 10.4 Å². The Morgan fingerprint density at radius 1 is 1.29 bits per heavy atom. The highest BCUT2D eigenvalue weighted by atomic mass is 32.1. The van der Waals surface area contributed by atoms with E-state index in [2.05, 4.69) is 15.5 Å². The summed E-state index contributed by atoms with van der Waals surface area (Å²) in [5.74, 6) is -0.565. The van der Waals surface area contributed by atoms with Crippen molar-refractivity contribution in [1.29, 1.82) is 5.26 Å². The van der Waals surface area contributed by atoms with E-state index in [9.17, 15) is 9.18 Å². The van der Waals surface area contributed by atoms with Gasteiger partial charge in [0.15, 0.2) is 0 Å². The fourth-order valence-electron chi connectivity index (χ4n) is 3.54. The molecule has 1 aromatic heterocycles. The van der Waals surface area contributed by atoms with Crippen LogP contribution in [0.3, 0.4) is 0 Å². The Morgan fingerprint density at radius 3 is 2.89 bits per heavy atom. The van der Waals surface area contributed by atoms with Crippen molar-refractivity contribution < 1.29 is 14.3 Å². The highest BCUT2D eigenvalue weighted by Gasteiger charge is 2.25. The van der Waals surface area contributed by atoms with Crippen molar-refractivity contribution in [2.24, 2.45) is 0 Å². The Balaban J connectivity index is 1.72. The van der Waals surface area contributed by atoms with Crippen LogP contribution in [0, 0.1) is 17.1 Å². The molecule has 0 saturated carbocycles. The van der Waals surface area contributed by atoms with E-state index < -0.39 is 11.9 Å². The third-order valence-electron chi connectivity index (χ3n) is 4.79. The van der Waals surface area contributed by atoms with Gasteiger partial charge in [0.1, 0.15) is 21.9 Å². The molecule has 0 bridgehead atoms. The Morgan fingerprint density at radius 2 is 2.11 bits per heavy atom. The first kappa shape index (κ1) is 18.1. The van der Waals surface area contributed by atoms with E-state index in [1.165, 1.54) is 23.5 Å². The number of rotatable bonds is 3. The highest BCUT2D eigenvalue weighted by Crippen LogP contribution is 2.38. The summed E-state index contributed by atoms with van der Waals surface area (Å²) >= 11 is 1.36. The summed E-state index contributed by atoms with van der Waals surface area (Å²) in [4.78, 5) is 11.1. The third-order valence-corrected chi connectivity index (χ3v) is 5.80. The number of nitrogens with zero attached hydrogens (tertiary/aromatic N) is 3. The van der Waals surface area contributed by atoms with Gasteiger partial charge in [-0.1, -0.05) is 29.5 Å². The second-order valence-electron chi connectivity index (χ2n) is 6.49. The van der Waals surface area contributed by atoms with Crippen LogP contribution in [0.15, 0.2) is 36.4 Å². The zero-order chi connectivity index (χ0) is 19.7. The monoisotopic (exact) mass is 394 g/mol. The fraction of sp³-hybridized carbons (Fsp3) is 0.200. The average molecular weight is 394 g/mol. The minimum Gasteiger partial charge on any atom is -0.465 e. The smallest absolute Gasteiger partial charge is 0.405 e. The van der Waals surface area contributed by atoms with Crippen LogP contribution >= 0.6 is 11.3 Å². The number of halogens is 1. The number of fused-ring (bicyclic) bond motifs is 1. The summed E-state index contributed by atoms with van der Waals surface area (Å²) in [5, 5.41) is 30.5. The van der Waals surface area contributed by atoms with Crippen molar-refractivity contribution in [3.05, 3.63) is 58.9 Å². The van der Waals surface area contributed by atoms with E-state index >= 15 is 0 Å². The topological polar surface area (TPSA) is 98.9 Å². The van der Waals surface area contributed by atoms with Crippen LogP contribution in [0.4, 0.5) is 9.18 Å². The van der Waals surface area contributed by atoms with E-state index in [1.807, 2.05) is 24.3 Å². The lowest BCUT2D eigenvalue weighted by molar-refractivity contribution is 0.188. The minimum absolute atomic E-state index is 0.0334. The van der Waals surface area contributed by atoms with Gasteiger partial charge in [-0.3, -0.25) is 0 Å². The summed E-state index contributed by atoms with van der Waals surface area (Å²) in [6.45, 7) is 0. The first-order valence-corrected chi connectivity index (χ1v) is 9.53. The second-order valence-corrected chi connectivity index (χ2v) is 7.46. The number of nitrogens with one attached hydrogen (secondary N) is 1. The lowest BCUT2D eigenvalue weighted by atomic mass is 9.85. The van der Waals surface area contributed by atoms with Crippen molar-refractivity contribution in [2.45, 2.75) is 25.3 Å². The molecule has 2 N–H and O–H groups in total. The third kappa shape index (κ3) is 3.32. The first-order valence-electron chi connectivity index (χ1n) is 8.72. The maximum absolute atomic E-state index is 13.6. The molecule has 1 amide bonds. The summed E-state index contributed by atoms with van der Waals surface area (Å²) < 4.78 is 13.6. The standard InChI is InChI=1S/C20H15FN4O2S/c21-16-8-7-11(9-12(16)10-22)18-24-25-19(28-18)15-5-1-4-14-13(15)3-2-6-17(14)23-20(26)27/h1,4-5,7-9,17,23H,2-3,6H2,(H,26,27). The summed E-state index contributed by atoms with van der Waals surface area (Å²) in [6.07, 6.45) is 1.44. The Labute approximate surface area is 164 Å². The first-order chi connectivity index (χ1) is 13.6. The lowest BCUT2D eigenvalue weighted by Crippen LogP contribution is -2.29. The van der Waals surface area contributed by atoms with E-state index in [0.29, 0.717) is 15.6 Å². The van der Waals surface area contributed by atoms with Crippen molar-refractivity contribution >= 4 is 17.4 Å². The zero-order valence-electron chi connectivity index (χ0n) is 14.6. The van der Waals surface area contributed by atoms with Gasteiger partial charge in [-0.15, -0.1) is 10.2 Å². The van der Waals surface area contributed by atoms with E-state index in [0.717, 1.165) is 36.0 Å². The number of nitriles is 1. The van der Waals surface area contributed by atoms with Gasteiger partial charge in [0, 0.05) is 11.1 Å². The SMILES string of the molecule is N#Cc1cc(-c2nnc(-c3cccc4c3CCCC4NC(=O)O)s2)ccc1F. The number of aromatic nitrogens is 2. The van der Waals surface area contributed by atoms with Gasteiger partial charge >= 0.3 is 6.09 Å². The number of carbonyl (C=O) groups is 1. The molecule has 28 heavy (non-hydrogen) atoms. The van der Waals surface area contributed by atoms with Gasteiger partial charge in [0.2, 0.25) is 0 Å². The molecule has 1 aliphatic carbocycles. The molecule has 8 heteroatoms. The van der Waals surface area contributed by atoms with Crippen LogP contribution in [0.1, 0.15) is 35.6 Å². The normalized spacial score (nSPS) is 15.5. The predicted molar refractivity (Wildman–Crippen MR) is 102 cm³/mol. The van der Waals surface area contributed by atoms with Crippen LogP contribution in [-0.4, -0.2) is 21.4 Å². The molecule has 2 aromatic carbocycles. The van der Waals surface area contributed by atoms with E-state index in [1.54, 1.807) is 6.07 Å². The molecule has 1 heterocycles. The average Bonchev–Trinajstić information content (AvgIpc) is 3.18. The van der Waals surface area contributed by atoms with E-state index in [-0.39, 0.29) is 11.6 Å². The Kier molecular flexibility index (Phi) is 4.75. The Bertz CT molecular complexity index is 1110. The second kappa shape index (κ2) is 7.37. The van der Waals surface area contributed by atoms with Gasteiger partial charge in [0.25, 0.3) is 0 Å². The van der Waals surface area contributed by atoms with Crippen molar-refractivity contribution in [2.75, 3.05) is 0 Å². The molecule has 0 fully saturated rings. The molecule has 0 radical (unpaired) electrons. The number of amides is 1. The molecule has 6 nitrogen and oxygen atoms in total. The quantitative estimate of drug-likeness (QED) is 0.680. The summed E-state index contributed by atoms with van der Waals surface area (Å²) in [6, 6.07) is 11.7. The highest BCUT2D eigenvalue weighted by molar-refractivity contribution is 7.17. The maximum Gasteiger partial charge on any atom is 0.405 e. The Hall–Kier alpha value is -3.31. The molecule has 0 saturated heterocycles. The van der Waals surface area contributed by atoms with Crippen molar-refractivity contribution in [3.8, 4) is 27.2 Å². The number of carboxylic acid groups (broad SMARTS) is 1. The van der Waals surface area contributed by atoms with Crippen LogP contribution in [0.2, 0.25) is 0 Å². The van der Waals surface area contributed by atoms with Gasteiger partial charge in [-0.25, -0.2) is 9.18 Å². The molecule has 0 spiro atoms. The lowest BCUT2D eigenvalue weighted by Gasteiger charge is -2.26. The van der Waals surface area contributed by atoms with Gasteiger partial charge in [-0.05, 0) is 48.6 Å². The zero-order valence-corrected chi connectivity index (χ0v) is 15.5. The van der Waals surface area contributed by atoms with Gasteiger partial charge in [0.05, 0.1) is 11.6 Å². The van der Waals surface area contributed by atoms with E-state index in [4.69, 9.17) is 10.4 Å². The number of benzene rings is 2. The molecular formula is C20H15FN4O2S. The maximum atomic E-state index is 13.6. The molecule has 1 unspecified atom stereocenters. The number of hydrogen-bond donors (Lipinski definition) is 2. The van der Waals surface area contributed by atoms with Crippen molar-refractivity contribution in [1.82, 2.24) is 15.5 Å². The molecule has 1 atom stereocenters. The fourth-order valence-corrected chi connectivity index (χ4v) is 4.43. The molecular weight excluding hydrogens is 379 g/mol. The van der Waals surface area contributed by atoms with Crippen LogP contribution in [-0.2, 0) is 6.42 Å². The molecule has 3 aromatic rings. The molecule has 4 rings (SSSR count). The molecule has 140 valence electrons. The number of hydrogen-bond acceptors (Lipinski definition) is 5. The summed E-state index contributed by atoms with van der Waals surface area (Å²) in [5.41, 5.74) is 3.58. The molecule has 0 aliphatic heterocycles. The van der Waals surface area contributed by atoms with Gasteiger partial charge in [-0.2, -0.15) is 5.26 Å². The predicted octanol–water partition coefficient (Wildman–Crippen LogP) is 4.53. The minimum atomic E-state index is -1.04. The largest absolute Gasteiger partial charge is 0.465 e. The van der Waals surface area contributed by atoms with Crippen LogP contribution < -0.4 is 5.32 Å². The van der Waals surface area contributed by atoms with Crippen LogP contribution in [0.5, 0.6) is 0 Å².